The Kier molecular flexibility index (Phi) is 2.49. The lowest BCUT2D eigenvalue weighted by molar-refractivity contribution is 0.726. The summed E-state index contributed by atoms with van der Waals surface area (Å²) in [6.07, 6.45) is 1.75. The number of halogens is 1. The number of nitrogens with zero attached hydrogens (tertiary/aromatic N) is 2. The molecule has 3 nitrogen and oxygen atoms in total. The van der Waals surface area contributed by atoms with Crippen LogP contribution in [0, 0.1) is 12.3 Å². The van der Waals surface area contributed by atoms with Gasteiger partial charge in [0.05, 0.1) is 5.52 Å². The second-order valence-electron chi connectivity index (χ2n) is 3.49. The molecule has 0 aliphatic rings. The first kappa shape index (κ1) is 10.2. The molecule has 2 rings (SSSR count). The van der Waals surface area contributed by atoms with Gasteiger partial charge in [-0.15, -0.1) is 0 Å². The van der Waals surface area contributed by atoms with Crippen LogP contribution in [-0.2, 0) is 6.54 Å². The zero-order valence-corrected chi connectivity index (χ0v) is 9.47. The molecule has 78 valence electrons. The number of aromatic nitrogens is 2. The number of hydrogen-bond donors (Lipinski definition) is 1. The lowest BCUT2D eigenvalue weighted by Crippen LogP contribution is -2.21. The summed E-state index contributed by atoms with van der Waals surface area (Å²) in [4.78, 5) is 4.04. The fourth-order valence-corrected chi connectivity index (χ4v) is 1.89. The molecule has 2 heterocycles. The van der Waals surface area contributed by atoms with Gasteiger partial charge in [-0.3, -0.25) is 5.41 Å². The van der Waals surface area contributed by atoms with Gasteiger partial charge in [-0.2, -0.15) is 0 Å². The molecule has 0 saturated heterocycles. The maximum Gasteiger partial charge on any atom is 0.131 e. The van der Waals surface area contributed by atoms with Crippen LogP contribution in [0.25, 0.3) is 10.9 Å². The van der Waals surface area contributed by atoms with Gasteiger partial charge in [0.2, 0.25) is 0 Å². The highest BCUT2D eigenvalue weighted by molar-refractivity contribution is 6.29. The van der Waals surface area contributed by atoms with Gasteiger partial charge in [-0.1, -0.05) is 11.6 Å². The molecule has 15 heavy (non-hydrogen) atoms. The van der Waals surface area contributed by atoms with Crippen molar-refractivity contribution < 1.29 is 0 Å². The molecule has 0 aliphatic carbocycles. The quantitative estimate of drug-likeness (QED) is 0.739. The average molecular weight is 222 g/mol. The van der Waals surface area contributed by atoms with E-state index < -0.39 is 0 Å². The minimum absolute atomic E-state index is 0.466. The second-order valence-corrected chi connectivity index (χ2v) is 3.87. The molecule has 0 atom stereocenters. The normalized spacial score (nSPS) is 10.9. The summed E-state index contributed by atoms with van der Waals surface area (Å²) in [5, 5.41) is 9.44. The molecule has 0 bridgehead atoms. The van der Waals surface area contributed by atoms with E-state index in [0.29, 0.717) is 10.6 Å². The summed E-state index contributed by atoms with van der Waals surface area (Å²) in [5.41, 5.74) is 2.45. The van der Waals surface area contributed by atoms with E-state index in [9.17, 15) is 0 Å². The van der Waals surface area contributed by atoms with Gasteiger partial charge in [-0.05, 0) is 31.5 Å². The highest BCUT2D eigenvalue weighted by Crippen LogP contribution is 2.16. The van der Waals surface area contributed by atoms with Crippen LogP contribution in [0.3, 0.4) is 0 Å². The lowest BCUT2D eigenvalue weighted by Gasteiger charge is -2.10. The summed E-state index contributed by atoms with van der Waals surface area (Å²) in [6, 6.07) is 3.77. The first-order valence-corrected chi connectivity index (χ1v) is 5.21. The number of fused-ring (bicyclic) bond motifs is 1. The molecule has 0 spiro atoms. The van der Waals surface area contributed by atoms with E-state index in [2.05, 4.69) is 4.98 Å². The van der Waals surface area contributed by atoms with Crippen molar-refractivity contribution in [2.45, 2.75) is 20.4 Å². The fourth-order valence-electron chi connectivity index (χ4n) is 1.74. The van der Waals surface area contributed by atoms with Crippen LogP contribution in [0.1, 0.15) is 12.5 Å². The van der Waals surface area contributed by atoms with Gasteiger partial charge in [0.15, 0.2) is 0 Å². The van der Waals surface area contributed by atoms with Crippen LogP contribution < -0.4 is 5.49 Å². The Hall–Kier alpha value is -1.35. The zero-order valence-electron chi connectivity index (χ0n) is 8.71. The molecule has 0 aliphatic heterocycles. The minimum Gasteiger partial charge on any atom is -0.326 e. The average Bonchev–Trinajstić information content (AvgIpc) is 2.21. The van der Waals surface area contributed by atoms with E-state index in [-0.39, 0.29) is 0 Å². The summed E-state index contributed by atoms with van der Waals surface area (Å²) in [7, 11) is 0. The third-order valence-corrected chi connectivity index (χ3v) is 2.71. The molecule has 2 aromatic heterocycles. The first-order chi connectivity index (χ1) is 7.13. The molecule has 0 aromatic carbocycles. The van der Waals surface area contributed by atoms with Crippen LogP contribution in [0.15, 0.2) is 18.3 Å². The van der Waals surface area contributed by atoms with Crippen LogP contribution in [0.2, 0.25) is 5.15 Å². The van der Waals surface area contributed by atoms with E-state index in [4.69, 9.17) is 17.0 Å². The SMILES string of the molecule is CCn1c(=N)c(C)cc2cnc(Cl)cc21. The molecule has 4 heteroatoms. The monoisotopic (exact) mass is 221 g/mol. The molecular weight excluding hydrogens is 210 g/mol. The molecule has 0 amide bonds. The smallest absolute Gasteiger partial charge is 0.131 e. The molecular formula is C11H12ClN3. The van der Waals surface area contributed by atoms with Crippen LogP contribution in [0.5, 0.6) is 0 Å². The van der Waals surface area contributed by atoms with Gasteiger partial charge < -0.3 is 4.57 Å². The van der Waals surface area contributed by atoms with Crippen molar-refractivity contribution >= 4 is 22.5 Å². The van der Waals surface area contributed by atoms with Crippen molar-refractivity contribution in [1.29, 1.82) is 5.41 Å². The molecule has 2 aromatic rings. The van der Waals surface area contributed by atoms with E-state index in [1.165, 1.54) is 0 Å². The van der Waals surface area contributed by atoms with E-state index in [0.717, 1.165) is 23.0 Å². The Bertz CT molecular complexity index is 572. The number of pyridine rings is 2. The fraction of sp³-hybridized carbons (Fsp3) is 0.273. The van der Waals surface area contributed by atoms with Crippen molar-refractivity contribution in [3.05, 3.63) is 34.5 Å². The topological polar surface area (TPSA) is 41.7 Å². The summed E-state index contributed by atoms with van der Waals surface area (Å²) in [5.74, 6) is 0. The van der Waals surface area contributed by atoms with Gasteiger partial charge in [-0.25, -0.2) is 4.98 Å². The minimum atomic E-state index is 0.466. The zero-order chi connectivity index (χ0) is 11.0. The Morgan fingerprint density at radius 3 is 2.87 bits per heavy atom. The standard InChI is InChI=1S/C11H12ClN3/c1-3-15-9-5-10(12)14-6-8(9)4-7(2)11(15)13/h4-6,13H,3H2,1-2H3. The van der Waals surface area contributed by atoms with E-state index in [1.807, 2.05) is 24.5 Å². The molecule has 0 radical (unpaired) electrons. The number of rotatable bonds is 1. The van der Waals surface area contributed by atoms with Gasteiger partial charge >= 0.3 is 0 Å². The van der Waals surface area contributed by atoms with Crippen molar-refractivity contribution in [1.82, 2.24) is 9.55 Å². The molecule has 0 unspecified atom stereocenters. The Morgan fingerprint density at radius 2 is 2.20 bits per heavy atom. The Morgan fingerprint density at radius 1 is 1.47 bits per heavy atom. The van der Waals surface area contributed by atoms with Gasteiger partial charge in [0.1, 0.15) is 10.6 Å². The lowest BCUT2D eigenvalue weighted by atomic mass is 10.2. The van der Waals surface area contributed by atoms with Crippen molar-refractivity contribution in [2.24, 2.45) is 0 Å². The highest BCUT2D eigenvalue weighted by Gasteiger charge is 2.03. The van der Waals surface area contributed by atoms with Crippen molar-refractivity contribution in [2.75, 3.05) is 0 Å². The summed E-state index contributed by atoms with van der Waals surface area (Å²) in [6.45, 7) is 4.71. The van der Waals surface area contributed by atoms with Gasteiger partial charge in [0, 0.05) is 18.1 Å². The number of hydrogen-bond acceptors (Lipinski definition) is 2. The number of aryl methyl sites for hydroxylation is 2. The summed E-state index contributed by atoms with van der Waals surface area (Å²) < 4.78 is 1.93. The molecule has 0 saturated carbocycles. The van der Waals surface area contributed by atoms with Gasteiger partial charge in [0.25, 0.3) is 0 Å². The summed E-state index contributed by atoms with van der Waals surface area (Å²) >= 11 is 5.85. The predicted molar refractivity (Wildman–Crippen MR) is 61.0 cm³/mol. The largest absolute Gasteiger partial charge is 0.326 e. The third-order valence-electron chi connectivity index (χ3n) is 2.50. The van der Waals surface area contributed by atoms with Crippen molar-refractivity contribution in [3.8, 4) is 0 Å². The maximum atomic E-state index is 7.95. The second kappa shape index (κ2) is 3.66. The Labute approximate surface area is 92.8 Å². The maximum absolute atomic E-state index is 7.95. The van der Waals surface area contributed by atoms with Crippen molar-refractivity contribution in [3.63, 3.8) is 0 Å². The van der Waals surface area contributed by atoms with Crippen LogP contribution >= 0.6 is 11.6 Å². The molecule has 1 N–H and O–H groups in total. The predicted octanol–water partition coefficient (Wildman–Crippen LogP) is 2.50. The van der Waals surface area contributed by atoms with E-state index in [1.54, 1.807) is 12.3 Å². The Balaban J connectivity index is 2.96. The van der Waals surface area contributed by atoms with Crippen LogP contribution in [-0.4, -0.2) is 9.55 Å². The third kappa shape index (κ3) is 1.63. The molecule has 0 fully saturated rings. The first-order valence-electron chi connectivity index (χ1n) is 4.83. The van der Waals surface area contributed by atoms with Crippen LogP contribution in [0.4, 0.5) is 0 Å². The van der Waals surface area contributed by atoms with E-state index >= 15 is 0 Å². The highest BCUT2D eigenvalue weighted by atomic mass is 35.5. The number of nitrogens with one attached hydrogen (secondary N) is 1.